The number of piperidine rings is 1. The van der Waals surface area contributed by atoms with Gasteiger partial charge in [0, 0.05) is 0 Å². The average Bonchev–Trinajstić information content (AvgIpc) is 2.51. The fourth-order valence-corrected chi connectivity index (χ4v) is 2.72. The fourth-order valence-electron chi connectivity index (χ4n) is 2.50. The van der Waals surface area contributed by atoms with Gasteiger partial charge in [-0.2, -0.15) is 0 Å². The number of benzene rings is 2. The molecule has 1 aliphatic rings. The molecule has 1 saturated heterocycles. The first kappa shape index (κ1) is 13.5. The van der Waals surface area contributed by atoms with Crippen LogP contribution in [0.3, 0.4) is 0 Å². The number of hydrogen-bond donors (Lipinski definition) is 1. The number of halogens is 1. The van der Waals surface area contributed by atoms with Crippen LogP contribution in [-0.4, -0.2) is 19.2 Å². The second-order valence-electron chi connectivity index (χ2n) is 5.08. The van der Waals surface area contributed by atoms with Crippen LogP contribution in [0.15, 0.2) is 48.5 Å². The zero-order valence-electron chi connectivity index (χ0n) is 11.3. The minimum Gasteiger partial charge on any atom is -0.489 e. The Morgan fingerprint density at radius 1 is 0.950 bits per heavy atom. The van der Waals surface area contributed by atoms with Crippen molar-refractivity contribution in [2.24, 2.45) is 0 Å². The van der Waals surface area contributed by atoms with E-state index in [-0.39, 0.29) is 6.10 Å². The van der Waals surface area contributed by atoms with Crippen LogP contribution in [0.25, 0.3) is 11.1 Å². The van der Waals surface area contributed by atoms with E-state index in [1.807, 2.05) is 30.3 Å². The Morgan fingerprint density at radius 2 is 1.70 bits per heavy atom. The van der Waals surface area contributed by atoms with Gasteiger partial charge in [0.15, 0.2) is 0 Å². The highest BCUT2D eigenvalue weighted by molar-refractivity contribution is 6.32. The molecule has 0 atom stereocenters. The molecule has 0 aliphatic carbocycles. The van der Waals surface area contributed by atoms with Crippen molar-refractivity contribution in [1.82, 2.24) is 5.32 Å². The quantitative estimate of drug-likeness (QED) is 0.916. The van der Waals surface area contributed by atoms with Crippen molar-refractivity contribution >= 4 is 11.6 Å². The largest absolute Gasteiger partial charge is 0.489 e. The Labute approximate surface area is 124 Å². The maximum atomic E-state index is 6.36. The lowest BCUT2D eigenvalue weighted by Gasteiger charge is -2.24. The van der Waals surface area contributed by atoms with Gasteiger partial charge in [-0.3, -0.25) is 0 Å². The van der Waals surface area contributed by atoms with Crippen molar-refractivity contribution in [3.63, 3.8) is 0 Å². The zero-order chi connectivity index (χ0) is 13.8. The summed E-state index contributed by atoms with van der Waals surface area (Å²) >= 11 is 6.36. The molecule has 1 fully saturated rings. The SMILES string of the molecule is Clc1cc(-c2ccccc2)ccc1OC1CCNCC1. The lowest BCUT2D eigenvalue weighted by atomic mass is 10.1. The maximum absolute atomic E-state index is 6.36. The van der Waals surface area contributed by atoms with Crippen molar-refractivity contribution in [1.29, 1.82) is 0 Å². The van der Waals surface area contributed by atoms with E-state index in [4.69, 9.17) is 16.3 Å². The number of rotatable bonds is 3. The summed E-state index contributed by atoms with van der Waals surface area (Å²) in [7, 11) is 0. The minimum absolute atomic E-state index is 0.274. The molecule has 3 rings (SSSR count). The van der Waals surface area contributed by atoms with Gasteiger partial charge in [-0.15, -0.1) is 0 Å². The molecule has 0 spiro atoms. The van der Waals surface area contributed by atoms with E-state index in [9.17, 15) is 0 Å². The summed E-state index contributed by atoms with van der Waals surface area (Å²) in [6, 6.07) is 16.3. The van der Waals surface area contributed by atoms with E-state index in [1.54, 1.807) is 0 Å². The predicted molar refractivity (Wildman–Crippen MR) is 83.4 cm³/mol. The van der Waals surface area contributed by atoms with Gasteiger partial charge >= 0.3 is 0 Å². The van der Waals surface area contributed by atoms with Crippen LogP contribution in [0, 0.1) is 0 Å². The molecule has 0 radical (unpaired) electrons. The van der Waals surface area contributed by atoms with Gasteiger partial charge in [0.1, 0.15) is 11.9 Å². The molecule has 0 bridgehead atoms. The van der Waals surface area contributed by atoms with Gasteiger partial charge in [-0.05, 0) is 49.2 Å². The second kappa shape index (κ2) is 6.29. The number of nitrogens with one attached hydrogen (secondary N) is 1. The second-order valence-corrected chi connectivity index (χ2v) is 5.49. The minimum atomic E-state index is 0.274. The zero-order valence-corrected chi connectivity index (χ0v) is 12.1. The van der Waals surface area contributed by atoms with Crippen molar-refractivity contribution in [2.75, 3.05) is 13.1 Å². The molecule has 0 aromatic heterocycles. The van der Waals surface area contributed by atoms with E-state index >= 15 is 0 Å². The molecule has 3 heteroatoms. The number of ether oxygens (including phenoxy) is 1. The fraction of sp³-hybridized carbons (Fsp3) is 0.294. The maximum Gasteiger partial charge on any atom is 0.138 e. The van der Waals surface area contributed by atoms with Crippen LogP contribution >= 0.6 is 11.6 Å². The van der Waals surface area contributed by atoms with Gasteiger partial charge in [0.25, 0.3) is 0 Å². The Bertz CT molecular complexity index is 564. The summed E-state index contributed by atoms with van der Waals surface area (Å²) in [5, 5.41) is 4.02. The summed E-state index contributed by atoms with van der Waals surface area (Å²) in [6.07, 6.45) is 2.35. The van der Waals surface area contributed by atoms with Crippen LogP contribution in [0.5, 0.6) is 5.75 Å². The van der Waals surface area contributed by atoms with E-state index in [2.05, 4.69) is 23.5 Å². The summed E-state index contributed by atoms with van der Waals surface area (Å²) in [6.45, 7) is 2.04. The highest BCUT2D eigenvalue weighted by atomic mass is 35.5. The van der Waals surface area contributed by atoms with Crippen LogP contribution in [-0.2, 0) is 0 Å². The molecular weight excluding hydrogens is 270 g/mol. The Kier molecular flexibility index (Phi) is 4.24. The summed E-state index contributed by atoms with van der Waals surface area (Å²) in [5.41, 5.74) is 2.29. The summed E-state index contributed by atoms with van der Waals surface area (Å²) in [4.78, 5) is 0. The molecule has 1 aliphatic heterocycles. The monoisotopic (exact) mass is 287 g/mol. The van der Waals surface area contributed by atoms with E-state index in [1.165, 1.54) is 5.56 Å². The van der Waals surface area contributed by atoms with Crippen molar-refractivity contribution in [3.8, 4) is 16.9 Å². The van der Waals surface area contributed by atoms with Gasteiger partial charge in [0.05, 0.1) is 5.02 Å². The summed E-state index contributed by atoms with van der Waals surface area (Å²) in [5.74, 6) is 0.790. The van der Waals surface area contributed by atoms with Crippen molar-refractivity contribution in [2.45, 2.75) is 18.9 Å². The first-order valence-corrected chi connectivity index (χ1v) is 7.43. The molecule has 1 N–H and O–H groups in total. The first-order chi connectivity index (χ1) is 9.83. The van der Waals surface area contributed by atoms with E-state index < -0.39 is 0 Å². The lowest BCUT2D eigenvalue weighted by Crippen LogP contribution is -2.34. The Hall–Kier alpha value is -1.51. The van der Waals surface area contributed by atoms with Gasteiger partial charge in [-0.1, -0.05) is 48.0 Å². The third kappa shape index (κ3) is 3.14. The van der Waals surface area contributed by atoms with Crippen LogP contribution in [0.1, 0.15) is 12.8 Å². The number of hydrogen-bond acceptors (Lipinski definition) is 2. The molecule has 104 valence electrons. The highest BCUT2D eigenvalue weighted by Gasteiger charge is 2.16. The molecule has 2 aromatic carbocycles. The molecule has 0 saturated carbocycles. The topological polar surface area (TPSA) is 21.3 Å². The molecule has 20 heavy (non-hydrogen) atoms. The average molecular weight is 288 g/mol. The smallest absolute Gasteiger partial charge is 0.138 e. The molecular formula is C17H18ClNO. The highest BCUT2D eigenvalue weighted by Crippen LogP contribution is 2.31. The first-order valence-electron chi connectivity index (χ1n) is 7.05. The van der Waals surface area contributed by atoms with Crippen molar-refractivity contribution < 1.29 is 4.74 Å². The molecule has 1 heterocycles. The molecule has 2 nitrogen and oxygen atoms in total. The van der Waals surface area contributed by atoms with Gasteiger partial charge in [-0.25, -0.2) is 0 Å². The standard InChI is InChI=1S/C17H18ClNO/c18-16-12-14(13-4-2-1-3-5-13)6-7-17(16)20-15-8-10-19-11-9-15/h1-7,12,15,19H,8-11H2. The Morgan fingerprint density at radius 3 is 2.40 bits per heavy atom. The lowest BCUT2D eigenvalue weighted by molar-refractivity contribution is 0.162. The molecule has 0 unspecified atom stereocenters. The van der Waals surface area contributed by atoms with E-state index in [0.29, 0.717) is 5.02 Å². The van der Waals surface area contributed by atoms with Crippen LogP contribution < -0.4 is 10.1 Å². The van der Waals surface area contributed by atoms with Gasteiger partial charge in [0.2, 0.25) is 0 Å². The third-order valence-corrected chi connectivity index (χ3v) is 3.91. The Balaban J connectivity index is 1.77. The predicted octanol–water partition coefficient (Wildman–Crippen LogP) is 4.14. The van der Waals surface area contributed by atoms with Crippen LogP contribution in [0.4, 0.5) is 0 Å². The normalized spacial score (nSPS) is 16.1. The van der Waals surface area contributed by atoms with Crippen LogP contribution in [0.2, 0.25) is 5.02 Å². The van der Waals surface area contributed by atoms with E-state index in [0.717, 1.165) is 37.2 Å². The summed E-state index contributed by atoms with van der Waals surface area (Å²) < 4.78 is 6.00. The third-order valence-electron chi connectivity index (χ3n) is 3.62. The van der Waals surface area contributed by atoms with Gasteiger partial charge < -0.3 is 10.1 Å². The molecule has 0 amide bonds. The molecule has 2 aromatic rings. The van der Waals surface area contributed by atoms with Crippen molar-refractivity contribution in [3.05, 3.63) is 53.6 Å².